The van der Waals surface area contributed by atoms with Gasteiger partial charge in [-0.05, 0) is 43.1 Å². The molecule has 0 aliphatic rings. The Labute approximate surface area is 231 Å². The normalized spacial score (nSPS) is 12.0. The van der Waals surface area contributed by atoms with Crippen LogP contribution in [0.5, 0.6) is 11.5 Å². The standard InChI is InChI=1S/C28H34FN7O4/c1-3-8-35(10-11-37)9-5-12-40-25-15-23-22(14-24(25)39-2)28(32-18-31-23)34-21-16-33-36(17-21)26(27(30)38)19-6-4-7-20(29)13-19/h4,6-7,13-18,26,37H,3,5,8-12H2,1-2H3,(H2,30,38)(H,31,32,34). The number of aliphatic hydroxyl groups is 1. The van der Waals surface area contributed by atoms with Crippen molar-refractivity contribution in [3.63, 3.8) is 0 Å². The molecule has 4 rings (SSSR count). The highest BCUT2D eigenvalue weighted by atomic mass is 19.1. The summed E-state index contributed by atoms with van der Waals surface area (Å²) in [6.07, 6.45) is 6.37. The monoisotopic (exact) mass is 551 g/mol. The largest absolute Gasteiger partial charge is 0.493 e. The Morgan fingerprint density at radius 1 is 1.20 bits per heavy atom. The predicted molar refractivity (Wildman–Crippen MR) is 149 cm³/mol. The Morgan fingerprint density at radius 2 is 2.05 bits per heavy atom. The molecule has 0 saturated carbocycles. The molecular weight excluding hydrogens is 517 g/mol. The lowest BCUT2D eigenvalue weighted by Gasteiger charge is -2.20. The smallest absolute Gasteiger partial charge is 0.246 e. The van der Waals surface area contributed by atoms with Crippen LogP contribution >= 0.6 is 0 Å². The van der Waals surface area contributed by atoms with Crippen LogP contribution in [-0.2, 0) is 4.79 Å². The molecule has 2 aromatic carbocycles. The number of rotatable bonds is 15. The average Bonchev–Trinajstić information content (AvgIpc) is 3.38. The summed E-state index contributed by atoms with van der Waals surface area (Å²) >= 11 is 0. The van der Waals surface area contributed by atoms with Crippen LogP contribution < -0.4 is 20.5 Å². The van der Waals surface area contributed by atoms with Gasteiger partial charge in [-0.1, -0.05) is 19.1 Å². The van der Waals surface area contributed by atoms with Crippen LogP contribution in [0, 0.1) is 5.82 Å². The van der Waals surface area contributed by atoms with E-state index in [1.54, 1.807) is 31.5 Å². The van der Waals surface area contributed by atoms with E-state index in [0.717, 1.165) is 25.9 Å². The van der Waals surface area contributed by atoms with Crippen LogP contribution in [0.25, 0.3) is 10.9 Å². The lowest BCUT2D eigenvalue weighted by Crippen LogP contribution is -2.29. The summed E-state index contributed by atoms with van der Waals surface area (Å²) in [7, 11) is 1.57. The number of carbonyl (C=O) groups is 1. The third kappa shape index (κ3) is 7.01. The summed E-state index contributed by atoms with van der Waals surface area (Å²) in [6, 6.07) is 8.30. The number of carbonyl (C=O) groups excluding carboxylic acids is 1. The van der Waals surface area contributed by atoms with E-state index in [9.17, 15) is 14.3 Å². The van der Waals surface area contributed by atoms with Crippen LogP contribution in [-0.4, -0.2) is 75.6 Å². The number of benzene rings is 2. The second-order valence-corrected chi connectivity index (χ2v) is 9.20. The third-order valence-corrected chi connectivity index (χ3v) is 6.32. The number of amides is 1. The minimum atomic E-state index is -0.981. The highest BCUT2D eigenvalue weighted by Crippen LogP contribution is 2.35. The number of halogens is 1. The lowest BCUT2D eigenvalue weighted by molar-refractivity contribution is -0.120. The Kier molecular flexibility index (Phi) is 9.81. The van der Waals surface area contributed by atoms with E-state index in [4.69, 9.17) is 15.2 Å². The fraction of sp³-hybridized carbons (Fsp3) is 0.357. The highest BCUT2D eigenvalue weighted by molar-refractivity contribution is 5.93. The van der Waals surface area contributed by atoms with E-state index >= 15 is 0 Å². The van der Waals surface area contributed by atoms with Gasteiger partial charge in [0, 0.05) is 30.7 Å². The third-order valence-electron chi connectivity index (χ3n) is 6.32. The van der Waals surface area contributed by atoms with Crippen molar-refractivity contribution >= 4 is 28.3 Å². The number of hydrogen-bond acceptors (Lipinski definition) is 9. The van der Waals surface area contributed by atoms with E-state index in [2.05, 4.69) is 32.2 Å². The number of nitrogens with zero attached hydrogens (tertiary/aromatic N) is 5. The number of anilines is 2. The molecule has 212 valence electrons. The predicted octanol–water partition coefficient (Wildman–Crippen LogP) is 3.27. The van der Waals surface area contributed by atoms with Crippen molar-refractivity contribution < 1.29 is 23.8 Å². The van der Waals surface area contributed by atoms with Crippen LogP contribution in [0.15, 0.2) is 55.1 Å². The number of ether oxygens (including phenoxy) is 2. The van der Waals surface area contributed by atoms with Gasteiger partial charge in [-0.25, -0.2) is 14.4 Å². The molecule has 0 radical (unpaired) electrons. The molecule has 0 aliphatic carbocycles. The number of methoxy groups -OCH3 is 1. The molecule has 1 atom stereocenters. The summed E-state index contributed by atoms with van der Waals surface area (Å²) in [5.74, 6) is 0.448. The maximum absolute atomic E-state index is 13.8. The van der Waals surface area contributed by atoms with Crippen molar-refractivity contribution in [2.75, 3.05) is 45.3 Å². The zero-order valence-corrected chi connectivity index (χ0v) is 22.6. The molecule has 11 nitrogen and oxygen atoms in total. The fourth-order valence-corrected chi connectivity index (χ4v) is 4.50. The quantitative estimate of drug-likeness (QED) is 0.190. The lowest BCUT2D eigenvalue weighted by atomic mass is 10.1. The van der Waals surface area contributed by atoms with Gasteiger partial charge >= 0.3 is 0 Å². The molecule has 2 heterocycles. The first-order valence-corrected chi connectivity index (χ1v) is 13.1. The molecule has 0 fully saturated rings. The fourth-order valence-electron chi connectivity index (χ4n) is 4.50. The maximum Gasteiger partial charge on any atom is 0.246 e. The van der Waals surface area contributed by atoms with Gasteiger partial charge in [-0.3, -0.25) is 9.48 Å². The molecule has 0 bridgehead atoms. The number of nitrogens with two attached hydrogens (primary N) is 1. The van der Waals surface area contributed by atoms with E-state index < -0.39 is 17.8 Å². The molecule has 0 aliphatic heterocycles. The summed E-state index contributed by atoms with van der Waals surface area (Å²) in [5, 5.41) is 17.4. The van der Waals surface area contributed by atoms with Crippen molar-refractivity contribution in [3.8, 4) is 11.5 Å². The number of aromatic nitrogens is 4. The van der Waals surface area contributed by atoms with Gasteiger partial charge in [0.15, 0.2) is 17.5 Å². The molecule has 12 heteroatoms. The first kappa shape index (κ1) is 28.7. The maximum atomic E-state index is 13.8. The summed E-state index contributed by atoms with van der Waals surface area (Å²) in [6.45, 7) is 5.13. The van der Waals surface area contributed by atoms with Crippen LogP contribution in [0.4, 0.5) is 15.9 Å². The molecule has 0 spiro atoms. The molecule has 4 N–H and O–H groups in total. The number of hydrogen-bond donors (Lipinski definition) is 3. The Bertz CT molecular complexity index is 1430. The SMILES string of the molecule is CCCN(CCO)CCCOc1cc2ncnc(Nc3cnn(C(C(N)=O)c4cccc(F)c4)c3)c2cc1OC. The van der Waals surface area contributed by atoms with E-state index in [1.807, 2.05) is 0 Å². The number of fused-ring (bicyclic) bond motifs is 1. The minimum absolute atomic E-state index is 0.134. The number of primary amides is 1. The number of aliphatic hydroxyl groups excluding tert-OH is 1. The van der Waals surface area contributed by atoms with Gasteiger partial charge in [0.25, 0.3) is 0 Å². The molecule has 0 saturated heterocycles. The molecule has 1 amide bonds. The van der Waals surface area contributed by atoms with Gasteiger partial charge in [0.2, 0.25) is 5.91 Å². The van der Waals surface area contributed by atoms with E-state index in [-0.39, 0.29) is 6.61 Å². The highest BCUT2D eigenvalue weighted by Gasteiger charge is 2.22. The minimum Gasteiger partial charge on any atom is -0.493 e. The Balaban J connectivity index is 1.51. The second kappa shape index (κ2) is 13.7. The summed E-state index contributed by atoms with van der Waals surface area (Å²) < 4.78 is 26.8. The van der Waals surface area contributed by atoms with Crippen molar-refractivity contribution in [2.24, 2.45) is 5.73 Å². The Hall–Kier alpha value is -4.29. The molecule has 2 aromatic heterocycles. The van der Waals surface area contributed by atoms with Crippen molar-refractivity contribution in [2.45, 2.75) is 25.8 Å². The first-order chi connectivity index (χ1) is 19.4. The second-order valence-electron chi connectivity index (χ2n) is 9.20. The van der Waals surface area contributed by atoms with E-state index in [1.165, 1.54) is 35.4 Å². The van der Waals surface area contributed by atoms with Gasteiger partial charge in [-0.2, -0.15) is 5.10 Å². The van der Waals surface area contributed by atoms with Gasteiger partial charge in [0.05, 0.1) is 37.7 Å². The topological polar surface area (TPSA) is 141 Å². The average molecular weight is 552 g/mol. The zero-order valence-electron chi connectivity index (χ0n) is 22.6. The van der Waals surface area contributed by atoms with E-state index in [0.29, 0.717) is 52.6 Å². The number of nitrogens with one attached hydrogen (secondary N) is 1. The first-order valence-electron chi connectivity index (χ1n) is 13.1. The van der Waals surface area contributed by atoms with Gasteiger partial charge in [-0.15, -0.1) is 0 Å². The molecule has 40 heavy (non-hydrogen) atoms. The van der Waals surface area contributed by atoms with Gasteiger partial charge < -0.3 is 30.5 Å². The van der Waals surface area contributed by atoms with Crippen molar-refractivity contribution in [3.05, 3.63) is 66.5 Å². The van der Waals surface area contributed by atoms with Crippen molar-refractivity contribution in [1.29, 1.82) is 0 Å². The summed E-state index contributed by atoms with van der Waals surface area (Å²) in [5.41, 5.74) is 7.19. The van der Waals surface area contributed by atoms with Crippen LogP contribution in [0.3, 0.4) is 0 Å². The molecule has 4 aromatic rings. The summed E-state index contributed by atoms with van der Waals surface area (Å²) in [4.78, 5) is 23.2. The van der Waals surface area contributed by atoms with Crippen molar-refractivity contribution in [1.82, 2.24) is 24.6 Å². The molecular formula is C28H34FN7O4. The Morgan fingerprint density at radius 3 is 2.77 bits per heavy atom. The van der Waals surface area contributed by atoms with Crippen LogP contribution in [0.1, 0.15) is 31.4 Å². The zero-order chi connectivity index (χ0) is 28.5. The van der Waals surface area contributed by atoms with Crippen LogP contribution in [0.2, 0.25) is 0 Å². The van der Waals surface area contributed by atoms with Gasteiger partial charge in [0.1, 0.15) is 18.0 Å². The molecule has 1 unspecified atom stereocenters.